The van der Waals surface area contributed by atoms with Gasteiger partial charge in [-0.05, 0) is 61.1 Å². The molecule has 4 amide bonds. The lowest BCUT2D eigenvalue weighted by atomic mass is 9.94. The van der Waals surface area contributed by atoms with E-state index in [1.165, 1.54) is 16.2 Å². The minimum atomic E-state index is -5.08. The number of nitrogens with zero attached hydrogens (tertiary/aromatic N) is 3. The first kappa shape index (κ1) is 39.2. The van der Waals surface area contributed by atoms with E-state index in [0.717, 1.165) is 48.1 Å². The standard InChI is InChI=1S/C16H16N2O3.C15H19N3O3S.C2HF3O2/c17-10-12-5-4-6-13(9-12)16(21)18(11-15(19)20)14-7-2-1-3-8-14;16-14(20)13-12(10-3-1-2-4-11(10)22-13)15(21)18-7-5-17(9-19)6-8-18;3-2(4,5)1(6)7/h1-9H,10-11,17H2,(H,19,20);9H,1-8H2,(H2,16,20);(H,6,7). The summed E-state index contributed by atoms with van der Waals surface area (Å²) in [6, 6.07) is 15.6. The van der Waals surface area contributed by atoms with Gasteiger partial charge in [-0.25, -0.2) is 4.79 Å². The highest BCUT2D eigenvalue weighted by atomic mass is 32.1. The Labute approximate surface area is 288 Å². The molecule has 1 aromatic heterocycles. The number of primary amides is 1. The molecule has 0 spiro atoms. The molecule has 1 saturated heterocycles. The average Bonchev–Trinajstić information content (AvgIpc) is 3.51. The number of carbonyl (C=O) groups is 6. The summed E-state index contributed by atoms with van der Waals surface area (Å²) in [6.45, 7) is 2.00. The number of piperazine rings is 1. The van der Waals surface area contributed by atoms with Gasteiger partial charge in [-0.3, -0.25) is 28.9 Å². The van der Waals surface area contributed by atoms with Gasteiger partial charge >= 0.3 is 18.1 Å². The van der Waals surface area contributed by atoms with Crippen LogP contribution in [0.3, 0.4) is 0 Å². The predicted octanol–water partition coefficient (Wildman–Crippen LogP) is 3.15. The van der Waals surface area contributed by atoms with Crippen molar-refractivity contribution in [3.63, 3.8) is 0 Å². The van der Waals surface area contributed by atoms with E-state index in [2.05, 4.69) is 0 Å². The van der Waals surface area contributed by atoms with E-state index in [9.17, 15) is 37.1 Å². The molecule has 0 radical (unpaired) electrons. The third kappa shape index (κ3) is 10.6. The molecular weight excluding hydrogens is 683 g/mol. The van der Waals surface area contributed by atoms with Crippen molar-refractivity contribution in [2.75, 3.05) is 37.6 Å². The van der Waals surface area contributed by atoms with E-state index in [0.29, 0.717) is 54.4 Å². The van der Waals surface area contributed by atoms with Gasteiger partial charge in [0.2, 0.25) is 6.41 Å². The number of aryl methyl sites for hydroxylation is 1. The van der Waals surface area contributed by atoms with Crippen LogP contribution >= 0.6 is 11.3 Å². The number of aliphatic carboxylic acids is 2. The van der Waals surface area contributed by atoms with E-state index in [4.69, 9.17) is 26.5 Å². The fourth-order valence-electron chi connectivity index (χ4n) is 5.16. The SMILES string of the molecule is NC(=O)c1sc2c(c1C(=O)N1CCN(C=O)CC1)CCCC2.NCc1cccc(C(=O)N(CC(=O)O)c2ccccc2)c1.O=C(O)C(F)(F)F. The van der Waals surface area contributed by atoms with Gasteiger partial charge in [-0.1, -0.05) is 30.3 Å². The van der Waals surface area contributed by atoms with Crippen molar-refractivity contribution in [3.8, 4) is 0 Å². The van der Waals surface area contributed by atoms with Gasteiger partial charge in [0, 0.05) is 48.9 Å². The Balaban J connectivity index is 0.000000228. The first-order chi connectivity index (χ1) is 23.7. The van der Waals surface area contributed by atoms with Crippen molar-refractivity contribution in [2.45, 2.75) is 38.4 Å². The summed E-state index contributed by atoms with van der Waals surface area (Å²) in [4.78, 5) is 74.0. The number of halogens is 3. The number of para-hydroxylation sites is 1. The molecule has 2 aromatic carbocycles. The van der Waals surface area contributed by atoms with Crippen molar-refractivity contribution < 1.29 is 52.2 Å². The molecule has 0 unspecified atom stereocenters. The number of carboxylic acid groups (broad SMARTS) is 2. The quantitative estimate of drug-likeness (QED) is 0.252. The number of amides is 4. The van der Waals surface area contributed by atoms with E-state index in [1.807, 2.05) is 12.1 Å². The molecule has 0 atom stereocenters. The van der Waals surface area contributed by atoms with Crippen LogP contribution in [0, 0.1) is 0 Å². The van der Waals surface area contributed by atoms with Crippen molar-refractivity contribution in [1.82, 2.24) is 9.80 Å². The molecule has 0 saturated carbocycles. The Morgan fingerprint density at radius 2 is 1.54 bits per heavy atom. The maximum atomic E-state index is 12.9. The van der Waals surface area contributed by atoms with Crippen molar-refractivity contribution in [2.24, 2.45) is 11.5 Å². The number of thiophene rings is 1. The Kier molecular flexibility index (Phi) is 14.0. The molecular formula is C33H36F3N5O8S. The Hall–Kier alpha value is -5.29. The summed E-state index contributed by atoms with van der Waals surface area (Å²) in [6.07, 6.45) is -0.372. The lowest BCUT2D eigenvalue weighted by molar-refractivity contribution is -0.192. The van der Waals surface area contributed by atoms with Gasteiger partial charge in [-0.15, -0.1) is 11.3 Å². The largest absolute Gasteiger partial charge is 0.490 e. The van der Waals surface area contributed by atoms with Gasteiger partial charge in [-0.2, -0.15) is 13.2 Å². The number of benzene rings is 2. The second-order valence-electron chi connectivity index (χ2n) is 11.0. The van der Waals surface area contributed by atoms with Gasteiger partial charge in [0.1, 0.15) is 11.4 Å². The Morgan fingerprint density at radius 3 is 2.08 bits per heavy atom. The highest BCUT2D eigenvalue weighted by Gasteiger charge is 2.38. The summed E-state index contributed by atoms with van der Waals surface area (Å²) in [5, 5.41) is 16.2. The maximum absolute atomic E-state index is 12.9. The second-order valence-corrected chi connectivity index (χ2v) is 12.1. The smallest absolute Gasteiger partial charge is 0.480 e. The van der Waals surface area contributed by atoms with E-state index < -0.39 is 30.6 Å². The number of carbonyl (C=O) groups excluding carboxylic acids is 4. The highest BCUT2D eigenvalue weighted by molar-refractivity contribution is 7.14. The molecule has 3 aromatic rings. The topological polar surface area (TPSA) is 205 Å². The number of alkyl halides is 3. The fourth-order valence-corrected chi connectivity index (χ4v) is 6.40. The first-order valence-electron chi connectivity index (χ1n) is 15.3. The number of rotatable bonds is 8. The number of carboxylic acids is 2. The van der Waals surface area contributed by atoms with E-state index in [-0.39, 0.29) is 11.8 Å². The van der Waals surface area contributed by atoms with Gasteiger partial charge in [0.15, 0.2) is 0 Å². The van der Waals surface area contributed by atoms with Crippen LogP contribution < -0.4 is 16.4 Å². The van der Waals surface area contributed by atoms with Gasteiger partial charge in [0.05, 0.1) is 5.56 Å². The molecule has 1 aliphatic heterocycles. The molecule has 13 nitrogen and oxygen atoms in total. The normalized spacial score (nSPS) is 13.8. The summed E-state index contributed by atoms with van der Waals surface area (Å²) >= 11 is 1.38. The minimum absolute atomic E-state index is 0.112. The zero-order chi connectivity index (χ0) is 37.0. The molecule has 2 heterocycles. The molecule has 50 heavy (non-hydrogen) atoms. The number of anilines is 1. The summed E-state index contributed by atoms with van der Waals surface area (Å²) in [7, 11) is 0. The third-order valence-corrected chi connectivity index (χ3v) is 8.92. The molecule has 17 heteroatoms. The molecule has 1 aliphatic carbocycles. The van der Waals surface area contributed by atoms with Crippen LogP contribution in [0.4, 0.5) is 18.9 Å². The zero-order valence-corrected chi connectivity index (χ0v) is 27.5. The third-order valence-electron chi connectivity index (χ3n) is 7.62. The van der Waals surface area contributed by atoms with E-state index >= 15 is 0 Å². The lowest BCUT2D eigenvalue weighted by Crippen LogP contribution is -2.48. The molecule has 2 aliphatic rings. The van der Waals surface area contributed by atoms with Crippen LogP contribution in [-0.2, 0) is 33.8 Å². The monoisotopic (exact) mass is 719 g/mol. The van der Waals surface area contributed by atoms with Crippen LogP contribution in [0.5, 0.6) is 0 Å². The Bertz CT molecular complexity index is 1690. The van der Waals surface area contributed by atoms with Crippen LogP contribution in [0.15, 0.2) is 54.6 Å². The van der Waals surface area contributed by atoms with Crippen molar-refractivity contribution in [3.05, 3.63) is 86.6 Å². The van der Waals surface area contributed by atoms with Gasteiger partial charge in [0.25, 0.3) is 17.7 Å². The minimum Gasteiger partial charge on any atom is -0.480 e. The number of hydrogen-bond donors (Lipinski definition) is 4. The van der Waals surface area contributed by atoms with Gasteiger partial charge < -0.3 is 31.5 Å². The van der Waals surface area contributed by atoms with Crippen LogP contribution in [-0.4, -0.2) is 95.0 Å². The number of nitrogens with two attached hydrogens (primary N) is 2. The molecule has 268 valence electrons. The van der Waals surface area contributed by atoms with Crippen LogP contribution in [0.2, 0.25) is 0 Å². The zero-order valence-electron chi connectivity index (χ0n) is 26.7. The molecule has 5 rings (SSSR count). The summed E-state index contributed by atoms with van der Waals surface area (Å²) in [5.74, 6) is -4.82. The maximum Gasteiger partial charge on any atom is 0.490 e. The van der Waals surface area contributed by atoms with Crippen molar-refractivity contribution >= 4 is 53.1 Å². The predicted molar refractivity (Wildman–Crippen MR) is 177 cm³/mol. The van der Waals surface area contributed by atoms with Crippen LogP contribution in [0.25, 0.3) is 0 Å². The fraction of sp³-hybridized carbons (Fsp3) is 0.333. The summed E-state index contributed by atoms with van der Waals surface area (Å²) in [5.41, 5.74) is 14.4. The average molecular weight is 720 g/mol. The lowest BCUT2D eigenvalue weighted by Gasteiger charge is -2.33. The molecule has 1 fully saturated rings. The second kappa shape index (κ2) is 17.9. The Morgan fingerprint density at radius 1 is 0.920 bits per heavy atom. The highest BCUT2D eigenvalue weighted by Crippen LogP contribution is 2.35. The van der Waals surface area contributed by atoms with E-state index in [1.54, 1.807) is 52.3 Å². The van der Waals surface area contributed by atoms with Crippen LogP contribution in [0.1, 0.15) is 59.2 Å². The number of hydrogen-bond acceptors (Lipinski definition) is 8. The number of fused-ring (bicyclic) bond motifs is 1. The molecule has 0 bridgehead atoms. The first-order valence-corrected chi connectivity index (χ1v) is 16.1. The summed E-state index contributed by atoms with van der Waals surface area (Å²) < 4.78 is 31.7. The van der Waals surface area contributed by atoms with Crippen molar-refractivity contribution in [1.29, 1.82) is 0 Å². The molecule has 6 N–H and O–H groups in total.